The van der Waals surface area contributed by atoms with E-state index >= 15 is 0 Å². The number of nitrogens with zero attached hydrogens (tertiary/aromatic N) is 2. The van der Waals surface area contributed by atoms with Gasteiger partial charge in [-0.25, -0.2) is 4.79 Å². The molecule has 0 radical (unpaired) electrons. The summed E-state index contributed by atoms with van der Waals surface area (Å²) in [6, 6.07) is 1.36. The predicted molar refractivity (Wildman–Crippen MR) is 46.7 cm³/mol. The minimum absolute atomic E-state index is 0.0222. The summed E-state index contributed by atoms with van der Waals surface area (Å²) in [5, 5.41) is 15.4. The Labute approximate surface area is 80.7 Å². The van der Waals surface area contributed by atoms with Crippen molar-refractivity contribution in [1.29, 1.82) is 0 Å². The van der Waals surface area contributed by atoms with Crippen LogP contribution in [0.2, 0.25) is 5.15 Å². The van der Waals surface area contributed by atoms with Crippen molar-refractivity contribution in [2.24, 2.45) is 0 Å². The lowest BCUT2D eigenvalue weighted by molar-refractivity contribution is 0.0696. The molecule has 0 amide bonds. The first-order valence-electron chi connectivity index (χ1n) is 2.53. The van der Waals surface area contributed by atoms with Crippen LogP contribution in [0.1, 0.15) is 10.4 Å². The molecule has 6 heteroatoms. The average Bonchev–Trinajstić information content (AvgIpc) is 1.94. The Morgan fingerprint density at radius 1 is 1.64 bits per heavy atom. The van der Waals surface area contributed by atoms with Crippen molar-refractivity contribution >= 4 is 40.2 Å². The SMILES string of the molecule is O=C(O)c1cc(I)nnc1Cl. The zero-order chi connectivity index (χ0) is 8.43. The molecule has 0 aliphatic rings. The summed E-state index contributed by atoms with van der Waals surface area (Å²) in [5.41, 5.74) is -0.0222. The standard InChI is InChI=1S/C5H2ClIN2O2/c6-4-2(5(10)11)1-3(7)8-9-4/h1H,(H,10,11). The van der Waals surface area contributed by atoms with E-state index in [-0.39, 0.29) is 10.7 Å². The number of rotatable bonds is 1. The third kappa shape index (κ3) is 2.00. The van der Waals surface area contributed by atoms with E-state index in [9.17, 15) is 4.79 Å². The molecule has 0 atom stereocenters. The molecular formula is C5H2ClIN2O2. The van der Waals surface area contributed by atoms with Crippen molar-refractivity contribution in [3.8, 4) is 0 Å². The quantitative estimate of drug-likeness (QED) is 0.793. The number of carboxylic acids is 1. The lowest BCUT2D eigenvalue weighted by atomic mass is 10.3. The minimum atomic E-state index is -1.09. The number of aromatic nitrogens is 2. The molecule has 1 N–H and O–H groups in total. The van der Waals surface area contributed by atoms with Crippen LogP contribution in [0.3, 0.4) is 0 Å². The van der Waals surface area contributed by atoms with E-state index in [2.05, 4.69) is 10.2 Å². The van der Waals surface area contributed by atoms with Crippen molar-refractivity contribution in [3.63, 3.8) is 0 Å². The highest BCUT2D eigenvalue weighted by Gasteiger charge is 2.10. The van der Waals surface area contributed by atoms with Crippen LogP contribution < -0.4 is 0 Å². The summed E-state index contributed by atoms with van der Waals surface area (Å²) in [4.78, 5) is 10.4. The number of aromatic carboxylic acids is 1. The molecule has 0 aliphatic carbocycles. The highest BCUT2D eigenvalue weighted by Crippen LogP contribution is 2.12. The highest BCUT2D eigenvalue weighted by atomic mass is 127. The molecule has 0 bridgehead atoms. The Morgan fingerprint density at radius 3 is 2.73 bits per heavy atom. The Hall–Kier alpha value is -0.430. The van der Waals surface area contributed by atoms with Crippen LogP contribution in [0.5, 0.6) is 0 Å². The molecule has 4 nitrogen and oxygen atoms in total. The van der Waals surface area contributed by atoms with Gasteiger partial charge in [0.15, 0.2) is 5.15 Å². The van der Waals surface area contributed by atoms with Crippen LogP contribution in [-0.2, 0) is 0 Å². The van der Waals surface area contributed by atoms with Gasteiger partial charge in [0.25, 0.3) is 0 Å². The highest BCUT2D eigenvalue weighted by molar-refractivity contribution is 14.1. The van der Waals surface area contributed by atoms with Gasteiger partial charge >= 0.3 is 5.97 Å². The fourth-order valence-electron chi connectivity index (χ4n) is 0.503. The summed E-state index contributed by atoms with van der Waals surface area (Å²) in [6.45, 7) is 0. The molecular weight excluding hydrogens is 282 g/mol. The van der Waals surface area contributed by atoms with Crippen LogP contribution in [0.4, 0.5) is 0 Å². The van der Waals surface area contributed by atoms with Gasteiger partial charge < -0.3 is 5.11 Å². The third-order valence-corrected chi connectivity index (χ3v) is 1.76. The fraction of sp³-hybridized carbons (Fsp3) is 0. The van der Waals surface area contributed by atoms with Gasteiger partial charge in [0.1, 0.15) is 9.26 Å². The van der Waals surface area contributed by atoms with Gasteiger partial charge in [0.2, 0.25) is 0 Å². The van der Waals surface area contributed by atoms with Crippen LogP contribution in [-0.4, -0.2) is 21.3 Å². The molecule has 0 aromatic carbocycles. The van der Waals surface area contributed by atoms with E-state index in [1.165, 1.54) is 6.07 Å². The summed E-state index contributed by atoms with van der Waals surface area (Å²) < 4.78 is 0.504. The average molecular weight is 284 g/mol. The van der Waals surface area contributed by atoms with Crippen molar-refractivity contribution in [3.05, 3.63) is 20.5 Å². The van der Waals surface area contributed by atoms with Gasteiger partial charge in [0, 0.05) is 0 Å². The van der Waals surface area contributed by atoms with E-state index in [0.29, 0.717) is 3.70 Å². The molecule has 58 valence electrons. The largest absolute Gasteiger partial charge is 0.478 e. The molecule has 0 saturated carbocycles. The van der Waals surface area contributed by atoms with Crippen LogP contribution in [0.25, 0.3) is 0 Å². The summed E-state index contributed by atoms with van der Waals surface area (Å²) in [6.07, 6.45) is 0. The second kappa shape index (κ2) is 3.31. The summed E-state index contributed by atoms with van der Waals surface area (Å²) >= 11 is 7.29. The van der Waals surface area contributed by atoms with E-state index in [1.54, 1.807) is 0 Å². The van der Waals surface area contributed by atoms with Gasteiger partial charge in [-0.1, -0.05) is 11.6 Å². The van der Waals surface area contributed by atoms with Gasteiger partial charge in [-0.15, -0.1) is 10.2 Å². The number of halogens is 2. The van der Waals surface area contributed by atoms with E-state index in [4.69, 9.17) is 16.7 Å². The minimum Gasteiger partial charge on any atom is -0.478 e. The Balaban J connectivity index is 3.23. The molecule has 1 heterocycles. The first kappa shape index (κ1) is 8.66. The zero-order valence-electron chi connectivity index (χ0n) is 5.08. The molecule has 1 aromatic heterocycles. The molecule has 0 saturated heterocycles. The topological polar surface area (TPSA) is 63.1 Å². The van der Waals surface area contributed by atoms with Crippen LogP contribution in [0, 0.1) is 3.70 Å². The van der Waals surface area contributed by atoms with Gasteiger partial charge in [-0.3, -0.25) is 0 Å². The van der Waals surface area contributed by atoms with Crippen molar-refractivity contribution in [1.82, 2.24) is 10.2 Å². The molecule has 1 aromatic rings. The van der Waals surface area contributed by atoms with Crippen LogP contribution >= 0.6 is 34.2 Å². The molecule has 1 rings (SSSR count). The first-order chi connectivity index (χ1) is 5.11. The molecule has 11 heavy (non-hydrogen) atoms. The zero-order valence-corrected chi connectivity index (χ0v) is 8.00. The van der Waals surface area contributed by atoms with Crippen molar-refractivity contribution < 1.29 is 9.90 Å². The van der Waals surface area contributed by atoms with Crippen LogP contribution in [0.15, 0.2) is 6.07 Å². The molecule has 0 aliphatic heterocycles. The Kier molecular flexibility index (Phi) is 2.61. The van der Waals surface area contributed by atoms with Crippen molar-refractivity contribution in [2.45, 2.75) is 0 Å². The van der Waals surface area contributed by atoms with Gasteiger partial charge in [-0.2, -0.15) is 0 Å². The molecule has 0 fully saturated rings. The Morgan fingerprint density at radius 2 is 2.27 bits per heavy atom. The lowest BCUT2D eigenvalue weighted by Gasteiger charge is -1.95. The summed E-state index contributed by atoms with van der Waals surface area (Å²) in [5.74, 6) is -1.09. The second-order valence-corrected chi connectivity index (χ2v) is 3.14. The number of hydrogen-bond acceptors (Lipinski definition) is 3. The lowest BCUT2D eigenvalue weighted by Crippen LogP contribution is -2.01. The Bertz CT molecular complexity index is 305. The maximum absolute atomic E-state index is 10.4. The fourth-order valence-corrected chi connectivity index (χ4v) is 1.10. The number of carbonyl (C=O) groups is 1. The third-order valence-electron chi connectivity index (χ3n) is 0.949. The number of hydrogen-bond donors (Lipinski definition) is 1. The first-order valence-corrected chi connectivity index (χ1v) is 3.99. The maximum Gasteiger partial charge on any atom is 0.339 e. The van der Waals surface area contributed by atoms with E-state index in [1.807, 2.05) is 22.6 Å². The second-order valence-electron chi connectivity index (χ2n) is 1.68. The van der Waals surface area contributed by atoms with Gasteiger partial charge in [-0.05, 0) is 28.7 Å². The monoisotopic (exact) mass is 284 g/mol. The van der Waals surface area contributed by atoms with Crippen molar-refractivity contribution in [2.75, 3.05) is 0 Å². The normalized spacial score (nSPS) is 9.64. The molecule has 0 spiro atoms. The predicted octanol–water partition coefficient (Wildman–Crippen LogP) is 1.43. The van der Waals surface area contributed by atoms with E-state index < -0.39 is 5.97 Å². The summed E-state index contributed by atoms with van der Waals surface area (Å²) in [7, 11) is 0. The maximum atomic E-state index is 10.4. The van der Waals surface area contributed by atoms with Gasteiger partial charge in [0.05, 0.1) is 0 Å². The van der Waals surface area contributed by atoms with E-state index in [0.717, 1.165) is 0 Å². The smallest absolute Gasteiger partial charge is 0.339 e. The molecule has 0 unspecified atom stereocenters. The number of carboxylic acid groups (broad SMARTS) is 1.